The van der Waals surface area contributed by atoms with Gasteiger partial charge in [-0.25, -0.2) is 17.5 Å². The second-order valence-electron chi connectivity index (χ2n) is 10.0. The van der Waals surface area contributed by atoms with Gasteiger partial charge in [0.05, 0.1) is 5.75 Å². The highest BCUT2D eigenvalue weighted by atomic mass is 32.2. The van der Waals surface area contributed by atoms with Crippen LogP contribution in [0.1, 0.15) is 35.4 Å². The monoisotopic (exact) mass is 456 g/mol. The topological polar surface area (TPSA) is 58.4 Å². The fourth-order valence-electron chi connectivity index (χ4n) is 6.16. The van der Waals surface area contributed by atoms with Crippen molar-refractivity contribution in [1.82, 2.24) is 9.62 Å². The minimum absolute atomic E-state index is 0.113. The van der Waals surface area contributed by atoms with Gasteiger partial charge in [0.25, 0.3) is 0 Å². The van der Waals surface area contributed by atoms with E-state index < -0.39 is 10.0 Å². The van der Waals surface area contributed by atoms with Crippen LogP contribution in [0.25, 0.3) is 0 Å². The fraction of sp³-hybridized carbons (Fsp3) is 0.520. The van der Waals surface area contributed by atoms with E-state index in [-0.39, 0.29) is 35.9 Å². The predicted octanol–water partition coefficient (Wildman–Crippen LogP) is 3.10. The number of nitrogens with zero attached hydrogens (tertiary/aromatic N) is 1. The smallest absolute Gasteiger partial charge is 0.211 e. The summed E-state index contributed by atoms with van der Waals surface area (Å²) in [6, 6.07) is 15.2. The summed E-state index contributed by atoms with van der Waals surface area (Å²) >= 11 is 0. The van der Waals surface area contributed by atoms with Gasteiger partial charge in [0.1, 0.15) is 6.61 Å². The molecule has 2 aromatic carbocycles. The molecule has 170 valence electrons. The van der Waals surface area contributed by atoms with E-state index in [9.17, 15) is 12.8 Å². The lowest BCUT2D eigenvalue weighted by molar-refractivity contribution is 0.226. The van der Waals surface area contributed by atoms with E-state index in [4.69, 9.17) is 4.74 Å². The van der Waals surface area contributed by atoms with E-state index in [0.29, 0.717) is 23.9 Å². The van der Waals surface area contributed by atoms with Gasteiger partial charge in [-0.2, -0.15) is 0 Å². The molecule has 0 bridgehead atoms. The average Bonchev–Trinajstić information content (AvgIpc) is 3.70. The molecule has 0 amide bonds. The number of halogens is 1. The van der Waals surface area contributed by atoms with Gasteiger partial charge in [-0.05, 0) is 73.4 Å². The Kier molecular flexibility index (Phi) is 4.69. The molecule has 2 saturated carbocycles. The largest absolute Gasteiger partial charge is 0.489 e. The van der Waals surface area contributed by atoms with Crippen LogP contribution in [-0.2, 0) is 22.9 Å². The molecule has 5 nitrogen and oxygen atoms in total. The van der Waals surface area contributed by atoms with Crippen LogP contribution in [0.4, 0.5) is 4.39 Å². The summed E-state index contributed by atoms with van der Waals surface area (Å²) in [4.78, 5) is 2.41. The molecule has 6 rings (SSSR count). The molecule has 1 spiro atoms. The van der Waals surface area contributed by atoms with E-state index in [0.717, 1.165) is 31.2 Å². The predicted molar refractivity (Wildman–Crippen MR) is 121 cm³/mol. The van der Waals surface area contributed by atoms with E-state index in [2.05, 4.69) is 40.9 Å². The maximum absolute atomic E-state index is 14.8. The van der Waals surface area contributed by atoms with Crippen LogP contribution in [0, 0.1) is 17.2 Å². The van der Waals surface area contributed by atoms with Gasteiger partial charge in [-0.15, -0.1) is 0 Å². The van der Waals surface area contributed by atoms with E-state index >= 15 is 0 Å². The summed E-state index contributed by atoms with van der Waals surface area (Å²) in [5, 5.41) is 0. The Labute approximate surface area is 189 Å². The number of hydrogen-bond donors (Lipinski definition) is 1. The quantitative estimate of drug-likeness (QED) is 0.465. The minimum Gasteiger partial charge on any atom is -0.489 e. The van der Waals surface area contributed by atoms with Crippen LogP contribution in [0.15, 0.2) is 42.5 Å². The van der Waals surface area contributed by atoms with Crippen molar-refractivity contribution in [2.75, 3.05) is 26.0 Å². The maximum Gasteiger partial charge on any atom is 0.211 e. The Morgan fingerprint density at radius 1 is 1.19 bits per heavy atom. The van der Waals surface area contributed by atoms with Crippen LogP contribution in [0.5, 0.6) is 5.75 Å². The second-order valence-corrected chi connectivity index (χ2v) is 11.9. The van der Waals surface area contributed by atoms with Crippen LogP contribution < -0.4 is 9.46 Å². The van der Waals surface area contributed by atoms with Gasteiger partial charge >= 0.3 is 0 Å². The Balaban J connectivity index is 1.17. The average molecular weight is 457 g/mol. The molecule has 3 unspecified atom stereocenters. The summed E-state index contributed by atoms with van der Waals surface area (Å²) in [7, 11) is -1.11. The first-order valence-electron chi connectivity index (χ1n) is 11.6. The van der Waals surface area contributed by atoms with Crippen molar-refractivity contribution < 1.29 is 17.5 Å². The van der Waals surface area contributed by atoms with Crippen LogP contribution in [0.2, 0.25) is 0 Å². The summed E-state index contributed by atoms with van der Waals surface area (Å²) < 4.78 is 47.2. The summed E-state index contributed by atoms with van der Waals surface area (Å²) in [5.74, 6) is 0.696. The second kappa shape index (κ2) is 7.27. The minimum atomic E-state index is -3.28. The van der Waals surface area contributed by atoms with Crippen molar-refractivity contribution >= 4 is 10.0 Å². The van der Waals surface area contributed by atoms with Gasteiger partial charge in [0.2, 0.25) is 10.0 Å². The first-order valence-corrected chi connectivity index (χ1v) is 13.2. The lowest BCUT2D eigenvalue weighted by Gasteiger charge is -2.29. The third-order valence-corrected chi connectivity index (χ3v) is 9.46. The van der Waals surface area contributed by atoms with Crippen molar-refractivity contribution in [3.05, 3.63) is 65.0 Å². The van der Waals surface area contributed by atoms with E-state index in [1.165, 1.54) is 11.1 Å². The van der Waals surface area contributed by atoms with Crippen molar-refractivity contribution in [2.45, 2.75) is 43.7 Å². The highest BCUT2D eigenvalue weighted by Gasteiger charge is 2.84. The zero-order valence-corrected chi connectivity index (χ0v) is 19.1. The molecular weight excluding hydrogens is 427 g/mol. The lowest BCUT2D eigenvalue weighted by atomic mass is 9.81. The summed E-state index contributed by atoms with van der Waals surface area (Å²) in [6.45, 7) is 0.264. The molecule has 3 aliphatic carbocycles. The molecule has 2 aromatic rings. The molecule has 0 aromatic heterocycles. The van der Waals surface area contributed by atoms with Gasteiger partial charge in [0, 0.05) is 24.0 Å². The Morgan fingerprint density at radius 3 is 2.62 bits per heavy atom. The molecular formula is C25H29FN2O3S. The Bertz CT molecular complexity index is 1140. The zero-order chi connectivity index (χ0) is 22.1. The number of fused-ring (bicyclic) bond motifs is 4. The molecule has 3 atom stereocenters. The van der Waals surface area contributed by atoms with Gasteiger partial charge in [0.15, 0.2) is 11.6 Å². The number of benzene rings is 2. The fourth-order valence-corrected chi connectivity index (χ4v) is 7.62. The van der Waals surface area contributed by atoms with Crippen LogP contribution in [0.3, 0.4) is 0 Å². The van der Waals surface area contributed by atoms with Gasteiger partial charge in [-0.1, -0.05) is 30.3 Å². The molecule has 1 aliphatic heterocycles. The molecule has 4 aliphatic rings. The molecule has 32 heavy (non-hydrogen) atoms. The SMILES string of the molecule is CN1C2C1C21Cc2cc(F)c(OCCNS(=O)(=O)CC3CC3)cc2C1Cc1ccccc1. The van der Waals surface area contributed by atoms with Crippen molar-refractivity contribution in [1.29, 1.82) is 0 Å². The van der Waals surface area contributed by atoms with E-state index in [1.807, 2.05) is 12.1 Å². The number of hydrogen-bond acceptors (Lipinski definition) is 4. The number of ether oxygens (including phenoxy) is 1. The number of sulfonamides is 1. The normalized spacial score (nSPS) is 31.9. The molecule has 0 radical (unpaired) electrons. The molecule has 7 heteroatoms. The van der Waals surface area contributed by atoms with Crippen LogP contribution in [-0.4, -0.2) is 51.4 Å². The van der Waals surface area contributed by atoms with Crippen LogP contribution >= 0.6 is 0 Å². The van der Waals surface area contributed by atoms with Gasteiger partial charge < -0.3 is 4.74 Å². The highest BCUT2D eigenvalue weighted by Crippen LogP contribution is 2.76. The summed E-state index contributed by atoms with van der Waals surface area (Å²) in [5.41, 5.74) is 3.83. The molecule has 1 heterocycles. The Hall–Kier alpha value is -1.96. The number of likely N-dealkylation sites (N-methyl/N-ethyl adjacent to an activating group) is 1. The van der Waals surface area contributed by atoms with Crippen molar-refractivity contribution in [3.8, 4) is 5.75 Å². The third-order valence-electron chi connectivity index (χ3n) is 7.91. The molecule has 1 saturated heterocycles. The van der Waals surface area contributed by atoms with Gasteiger partial charge in [-0.3, -0.25) is 4.90 Å². The zero-order valence-electron chi connectivity index (χ0n) is 18.3. The molecule has 3 fully saturated rings. The first kappa shape index (κ1) is 20.6. The van der Waals surface area contributed by atoms with E-state index in [1.54, 1.807) is 6.07 Å². The number of likely N-dealkylation sites (tertiary alicyclic amines) is 1. The molecule has 1 N–H and O–H groups in total. The highest BCUT2D eigenvalue weighted by molar-refractivity contribution is 7.89. The first-order chi connectivity index (χ1) is 15.4. The summed E-state index contributed by atoms with van der Waals surface area (Å²) in [6.07, 6.45) is 3.85. The maximum atomic E-state index is 14.8. The lowest BCUT2D eigenvalue weighted by Crippen LogP contribution is -2.31. The van der Waals surface area contributed by atoms with Crippen molar-refractivity contribution in [2.24, 2.45) is 11.3 Å². The standard InChI is InChI=1S/C25H29FN2O3S/c1-28-23-24(28)25(23)14-18-12-21(26)22(31-10-9-27-32(29,30)15-17-7-8-17)13-19(18)20(25)11-16-5-3-2-4-6-16/h2-6,12-13,17,20,23-24,27H,7-11,14-15H2,1H3. The third kappa shape index (κ3) is 3.45. The van der Waals surface area contributed by atoms with Crippen molar-refractivity contribution in [3.63, 3.8) is 0 Å². The number of nitrogens with one attached hydrogen (secondary N) is 1. The Morgan fingerprint density at radius 2 is 1.94 bits per heavy atom. The number of rotatable bonds is 9.